The van der Waals surface area contributed by atoms with Crippen LogP contribution in [0.2, 0.25) is 0 Å². The van der Waals surface area contributed by atoms with Crippen molar-refractivity contribution >= 4 is 0 Å². The monoisotopic (exact) mass is 365 g/mol. The van der Waals surface area contributed by atoms with Crippen molar-refractivity contribution < 1.29 is 4.39 Å². The standard InChI is InChI=1S/C23H28FN3/c1-2-16-3-8-20(25-13-16)14-27-15-21(17-4-6-19(24)7-5-17)23-22(27)18-9-11-26(23)12-10-18/h3-8,13,18,21-23H,2,9-12,14-15H2,1H3/t21-,22-,23-/m1/s1. The highest BCUT2D eigenvalue weighted by Gasteiger charge is 2.53. The normalized spacial score (nSPS) is 32.6. The number of hydrogen-bond acceptors (Lipinski definition) is 3. The summed E-state index contributed by atoms with van der Waals surface area (Å²) in [6.07, 6.45) is 5.69. The van der Waals surface area contributed by atoms with Gasteiger partial charge in [0.2, 0.25) is 0 Å². The maximum atomic E-state index is 13.5. The van der Waals surface area contributed by atoms with Crippen molar-refractivity contribution in [2.24, 2.45) is 5.92 Å². The second-order valence-corrected chi connectivity index (χ2v) is 8.45. The van der Waals surface area contributed by atoms with Gasteiger partial charge in [-0.25, -0.2) is 4.39 Å². The van der Waals surface area contributed by atoms with E-state index in [1.54, 1.807) is 12.1 Å². The van der Waals surface area contributed by atoms with Crippen LogP contribution in [0.3, 0.4) is 0 Å². The number of nitrogens with zero attached hydrogens (tertiary/aromatic N) is 3. The summed E-state index contributed by atoms with van der Waals surface area (Å²) in [5, 5.41) is 0. The third kappa shape index (κ3) is 3.09. The lowest BCUT2D eigenvalue weighted by Gasteiger charge is -2.51. The summed E-state index contributed by atoms with van der Waals surface area (Å²) in [5.74, 6) is 1.12. The quantitative estimate of drug-likeness (QED) is 0.821. The molecule has 0 amide bonds. The Balaban J connectivity index is 1.43. The maximum Gasteiger partial charge on any atom is 0.123 e. The lowest BCUT2D eigenvalue weighted by atomic mass is 9.75. The number of fused-ring (bicyclic) bond motifs is 2. The zero-order valence-electron chi connectivity index (χ0n) is 16.0. The molecule has 0 spiro atoms. The Hall–Kier alpha value is -1.78. The average molecular weight is 365 g/mol. The first kappa shape index (κ1) is 17.3. The molecule has 4 fully saturated rings. The first-order chi connectivity index (χ1) is 13.2. The first-order valence-electron chi connectivity index (χ1n) is 10.4. The fourth-order valence-electron chi connectivity index (χ4n) is 5.69. The molecule has 3 nitrogen and oxygen atoms in total. The number of hydrogen-bond donors (Lipinski definition) is 0. The lowest BCUT2D eigenvalue weighted by molar-refractivity contribution is -0.00898. The predicted molar refractivity (Wildman–Crippen MR) is 105 cm³/mol. The first-order valence-corrected chi connectivity index (χ1v) is 10.4. The summed E-state index contributed by atoms with van der Waals surface area (Å²) in [7, 11) is 0. The van der Waals surface area contributed by atoms with Crippen LogP contribution in [-0.2, 0) is 13.0 Å². The van der Waals surface area contributed by atoms with Gasteiger partial charge in [0.15, 0.2) is 0 Å². The summed E-state index contributed by atoms with van der Waals surface area (Å²) < 4.78 is 13.5. The van der Waals surface area contributed by atoms with Crippen molar-refractivity contribution in [2.75, 3.05) is 19.6 Å². The molecule has 6 rings (SSSR count). The molecule has 0 saturated carbocycles. The zero-order valence-corrected chi connectivity index (χ0v) is 16.0. The fourth-order valence-corrected chi connectivity index (χ4v) is 5.69. The van der Waals surface area contributed by atoms with Crippen molar-refractivity contribution in [3.8, 4) is 0 Å². The molecule has 1 aromatic carbocycles. The van der Waals surface area contributed by atoms with Gasteiger partial charge >= 0.3 is 0 Å². The van der Waals surface area contributed by atoms with Gasteiger partial charge in [-0.1, -0.05) is 25.1 Å². The number of aryl methyl sites for hydroxylation is 1. The molecule has 4 aliphatic heterocycles. The lowest BCUT2D eigenvalue weighted by Crippen LogP contribution is -2.60. The van der Waals surface area contributed by atoms with Gasteiger partial charge in [-0.05, 0) is 67.6 Å². The molecule has 4 aliphatic rings. The smallest absolute Gasteiger partial charge is 0.123 e. The third-order valence-corrected chi connectivity index (χ3v) is 7.05. The predicted octanol–water partition coefficient (Wildman–Crippen LogP) is 3.85. The molecule has 0 radical (unpaired) electrons. The summed E-state index contributed by atoms with van der Waals surface area (Å²) >= 11 is 0. The maximum absolute atomic E-state index is 13.5. The van der Waals surface area contributed by atoms with Crippen LogP contribution in [0.15, 0.2) is 42.6 Å². The second-order valence-electron chi connectivity index (χ2n) is 8.45. The number of halogens is 1. The van der Waals surface area contributed by atoms with Crippen LogP contribution in [0.4, 0.5) is 4.39 Å². The van der Waals surface area contributed by atoms with Gasteiger partial charge < -0.3 is 0 Å². The Morgan fingerprint density at radius 2 is 1.81 bits per heavy atom. The van der Waals surface area contributed by atoms with Gasteiger partial charge in [0.25, 0.3) is 0 Å². The van der Waals surface area contributed by atoms with Gasteiger partial charge in [-0.15, -0.1) is 0 Å². The fraction of sp³-hybridized carbons (Fsp3) is 0.522. The molecule has 142 valence electrons. The molecular formula is C23H28FN3. The molecule has 1 aromatic heterocycles. The molecular weight excluding hydrogens is 337 g/mol. The van der Waals surface area contributed by atoms with Crippen molar-refractivity contribution in [1.82, 2.24) is 14.8 Å². The molecule has 2 bridgehead atoms. The topological polar surface area (TPSA) is 19.4 Å². The Labute approximate surface area is 161 Å². The van der Waals surface area contributed by atoms with E-state index in [0.29, 0.717) is 18.0 Å². The third-order valence-electron chi connectivity index (χ3n) is 7.05. The molecule has 2 aromatic rings. The summed E-state index contributed by atoms with van der Waals surface area (Å²) in [6, 6.07) is 12.8. The minimum Gasteiger partial charge on any atom is -0.298 e. The average Bonchev–Trinajstić information content (AvgIpc) is 3.11. The number of aromatic nitrogens is 1. The largest absolute Gasteiger partial charge is 0.298 e. The van der Waals surface area contributed by atoms with Gasteiger partial charge in [0.1, 0.15) is 5.82 Å². The van der Waals surface area contributed by atoms with E-state index in [-0.39, 0.29) is 5.82 Å². The van der Waals surface area contributed by atoms with Crippen LogP contribution in [-0.4, -0.2) is 46.5 Å². The molecule has 0 unspecified atom stereocenters. The highest BCUT2D eigenvalue weighted by atomic mass is 19.1. The molecule has 5 heterocycles. The Morgan fingerprint density at radius 3 is 2.48 bits per heavy atom. The Bertz CT molecular complexity index is 780. The van der Waals surface area contributed by atoms with Crippen LogP contribution in [0, 0.1) is 11.7 Å². The highest BCUT2D eigenvalue weighted by molar-refractivity contribution is 5.28. The van der Waals surface area contributed by atoms with E-state index in [2.05, 4.69) is 28.9 Å². The second kappa shape index (κ2) is 6.99. The molecule has 27 heavy (non-hydrogen) atoms. The van der Waals surface area contributed by atoms with E-state index >= 15 is 0 Å². The Morgan fingerprint density at radius 1 is 1.04 bits per heavy atom. The van der Waals surface area contributed by atoms with E-state index in [4.69, 9.17) is 4.98 Å². The van der Waals surface area contributed by atoms with E-state index < -0.39 is 0 Å². The number of piperidine rings is 3. The Kier molecular flexibility index (Phi) is 4.49. The van der Waals surface area contributed by atoms with Crippen LogP contribution in [0.25, 0.3) is 0 Å². The number of rotatable bonds is 4. The van der Waals surface area contributed by atoms with Crippen molar-refractivity contribution in [2.45, 2.75) is 50.7 Å². The van der Waals surface area contributed by atoms with Crippen LogP contribution >= 0.6 is 0 Å². The summed E-state index contributed by atoms with van der Waals surface area (Å²) in [4.78, 5) is 10.1. The van der Waals surface area contributed by atoms with E-state index in [0.717, 1.165) is 25.4 Å². The number of benzene rings is 1. The molecule has 0 N–H and O–H groups in total. The number of pyridine rings is 1. The molecule has 3 atom stereocenters. The van der Waals surface area contributed by atoms with Crippen molar-refractivity contribution in [3.05, 3.63) is 65.2 Å². The van der Waals surface area contributed by atoms with Gasteiger partial charge in [-0.2, -0.15) is 0 Å². The highest BCUT2D eigenvalue weighted by Crippen LogP contribution is 2.46. The van der Waals surface area contributed by atoms with Crippen LogP contribution in [0.5, 0.6) is 0 Å². The van der Waals surface area contributed by atoms with Gasteiger partial charge in [0, 0.05) is 37.3 Å². The van der Waals surface area contributed by atoms with Crippen LogP contribution < -0.4 is 0 Å². The van der Waals surface area contributed by atoms with E-state index in [1.165, 1.54) is 42.8 Å². The molecule has 0 aliphatic carbocycles. The van der Waals surface area contributed by atoms with Crippen molar-refractivity contribution in [3.63, 3.8) is 0 Å². The van der Waals surface area contributed by atoms with E-state index in [1.807, 2.05) is 18.3 Å². The van der Waals surface area contributed by atoms with Crippen molar-refractivity contribution in [1.29, 1.82) is 0 Å². The minimum absolute atomic E-state index is 0.143. The summed E-state index contributed by atoms with van der Waals surface area (Å²) in [6.45, 7) is 6.59. The zero-order chi connectivity index (χ0) is 18.4. The molecule has 4 saturated heterocycles. The summed E-state index contributed by atoms with van der Waals surface area (Å²) in [5.41, 5.74) is 3.75. The number of likely N-dealkylation sites (tertiary alicyclic amines) is 1. The molecule has 4 heteroatoms. The van der Waals surface area contributed by atoms with Gasteiger partial charge in [-0.3, -0.25) is 14.8 Å². The van der Waals surface area contributed by atoms with E-state index in [9.17, 15) is 4.39 Å². The van der Waals surface area contributed by atoms with Gasteiger partial charge in [0.05, 0.1) is 5.69 Å². The SMILES string of the molecule is CCc1ccc(CN2C[C@H](c3ccc(F)cc3)[C@@H]3[C@H]2C2CCN3CC2)nc1. The minimum atomic E-state index is -0.143. The van der Waals surface area contributed by atoms with Crippen LogP contribution in [0.1, 0.15) is 42.5 Å².